The SMILES string of the molecule is C=C(C)COc1cccc(CN2CCC(C(=O)NCC)C2)c1. The number of benzene rings is 1. The zero-order valence-electron chi connectivity index (χ0n) is 13.6. The second-order valence-corrected chi connectivity index (χ2v) is 6.01. The van der Waals surface area contributed by atoms with Gasteiger partial charge in [-0.25, -0.2) is 0 Å². The summed E-state index contributed by atoms with van der Waals surface area (Å²) in [7, 11) is 0. The topological polar surface area (TPSA) is 41.6 Å². The number of hydrogen-bond donors (Lipinski definition) is 1. The Kier molecular flexibility index (Phi) is 6.01. The van der Waals surface area contributed by atoms with E-state index in [0.29, 0.717) is 13.2 Å². The third-order valence-electron chi connectivity index (χ3n) is 3.78. The molecule has 2 rings (SSSR count). The molecule has 4 heteroatoms. The number of carbonyl (C=O) groups excluding carboxylic acids is 1. The van der Waals surface area contributed by atoms with Gasteiger partial charge < -0.3 is 10.1 Å². The minimum absolute atomic E-state index is 0.128. The summed E-state index contributed by atoms with van der Waals surface area (Å²) >= 11 is 0. The molecule has 1 atom stereocenters. The molecule has 1 aliphatic heterocycles. The average molecular weight is 302 g/mol. The first-order chi connectivity index (χ1) is 10.6. The number of likely N-dealkylation sites (tertiary alicyclic amines) is 1. The molecule has 1 fully saturated rings. The summed E-state index contributed by atoms with van der Waals surface area (Å²) < 4.78 is 5.68. The summed E-state index contributed by atoms with van der Waals surface area (Å²) in [5.74, 6) is 1.19. The predicted octanol–water partition coefficient (Wildman–Crippen LogP) is 2.60. The zero-order chi connectivity index (χ0) is 15.9. The van der Waals surface area contributed by atoms with Crippen molar-refractivity contribution in [2.45, 2.75) is 26.8 Å². The predicted molar refractivity (Wildman–Crippen MR) is 88.8 cm³/mol. The molecule has 1 heterocycles. The third kappa shape index (κ3) is 4.88. The van der Waals surface area contributed by atoms with Crippen LogP contribution in [-0.4, -0.2) is 37.0 Å². The summed E-state index contributed by atoms with van der Waals surface area (Å²) in [5.41, 5.74) is 2.23. The summed E-state index contributed by atoms with van der Waals surface area (Å²) in [6.45, 7) is 11.7. The highest BCUT2D eigenvalue weighted by Gasteiger charge is 2.27. The van der Waals surface area contributed by atoms with Gasteiger partial charge in [-0.15, -0.1) is 0 Å². The van der Waals surface area contributed by atoms with Crippen LogP contribution in [0.2, 0.25) is 0 Å². The highest BCUT2D eigenvalue weighted by molar-refractivity contribution is 5.79. The van der Waals surface area contributed by atoms with Gasteiger partial charge in [0, 0.05) is 19.6 Å². The van der Waals surface area contributed by atoms with Crippen molar-refractivity contribution in [2.24, 2.45) is 5.92 Å². The van der Waals surface area contributed by atoms with E-state index in [1.54, 1.807) is 0 Å². The summed E-state index contributed by atoms with van der Waals surface area (Å²) in [6, 6.07) is 8.16. The van der Waals surface area contributed by atoms with Gasteiger partial charge in [-0.2, -0.15) is 0 Å². The number of ether oxygens (including phenoxy) is 1. The van der Waals surface area contributed by atoms with Crippen LogP contribution in [-0.2, 0) is 11.3 Å². The van der Waals surface area contributed by atoms with Crippen molar-refractivity contribution >= 4 is 5.91 Å². The third-order valence-corrected chi connectivity index (χ3v) is 3.78. The molecular weight excluding hydrogens is 276 g/mol. The Morgan fingerprint density at radius 3 is 3.05 bits per heavy atom. The molecule has 0 spiro atoms. The van der Waals surface area contributed by atoms with Crippen molar-refractivity contribution in [1.29, 1.82) is 0 Å². The summed E-state index contributed by atoms with van der Waals surface area (Å²) in [6.07, 6.45) is 0.942. The van der Waals surface area contributed by atoms with Gasteiger partial charge in [-0.05, 0) is 50.1 Å². The van der Waals surface area contributed by atoms with E-state index in [0.717, 1.165) is 37.4 Å². The van der Waals surface area contributed by atoms with Crippen LogP contribution in [0, 0.1) is 5.92 Å². The average Bonchev–Trinajstić information content (AvgIpc) is 2.94. The van der Waals surface area contributed by atoms with Crippen molar-refractivity contribution in [3.05, 3.63) is 42.0 Å². The van der Waals surface area contributed by atoms with Crippen LogP contribution in [0.4, 0.5) is 0 Å². The van der Waals surface area contributed by atoms with Gasteiger partial charge >= 0.3 is 0 Å². The van der Waals surface area contributed by atoms with Crippen LogP contribution in [0.25, 0.3) is 0 Å². The number of carbonyl (C=O) groups is 1. The number of nitrogens with one attached hydrogen (secondary N) is 1. The van der Waals surface area contributed by atoms with E-state index in [-0.39, 0.29) is 11.8 Å². The maximum Gasteiger partial charge on any atom is 0.224 e. The Balaban J connectivity index is 1.87. The van der Waals surface area contributed by atoms with Crippen molar-refractivity contribution in [3.63, 3.8) is 0 Å². The molecule has 1 aromatic carbocycles. The molecule has 1 amide bonds. The molecule has 0 saturated carbocycles. The number of amides is 1. The minimum Gasteiger partial charge on any atom is -0.489 e. The van der Waals surface area contributed by atoms with Gasteiger partial charge in [-0.1, -0.05) is 18.7 Å². The van der Waals surface area contributed by atoms with Crippen LogP contribution in [0.15, 0.2) is 36.4 Å². The van der Waals surface area contributed by atoms with Crippen molar-refractivity contribution in [2.75, 3.05) is 26.2 Å². The van der Waals surface area contributed by atoms with Crippen molar-refractivity contribution in [1.82, 2.24) is 10.2 Å². The van der Waals surface area contributed by atoms with Gasteiger partial charge in [-0.3, -0.25) is 9.69 Å². The molecule has 1 N–H and O–H groups in total. The first kappa shape index (κ1) is 16.6. The quantitative estimate of drug-likeness (QED) is 0.787. The molecule has 0 bridgehead atoms. The summed E-state index contributed by atoms with van der Waals surface area (Å²) in [4.78, 5) is 14.2. The second kappa shape index (κ2) is 7.99. The Labute approximate surface area is 133 Å². The lowest BCUT2D eigenvalue weighted by molar-refractivity contribution is -0.124. The Morgan fingerprint density at radius 1 is 1.50 bits per heavy atom. The fourth-order valence-corrected chi connectivity index (χ4v) is 2.71. The van der Waals surface area contributed by atoms with Gasteiger partial charge in [0.15, 0.2) is 0 Å². The molecule has 0 aromatic heterocycles. The van der Waals surface area contributed by atoms with E-state index in [1.165, 1.54) is 5.56 Å². The van der Waals surface area contributed by atoms with Crippen LogP contribution in [0.3, 0.4) is 0 Å². The lowest BCUT2D eigenvalue weighted by Crippen LogP contribution is -2.32. The van der Waals surface area contributed by atoms with Crippen LogP contribution in [0.5, 0.6) is 5.75 Å². The molecule has 1 aromatic rings. The van der Waals surface area contributed by atoms with Crippen LogP contribution >= 0.6 is 0 Å². The maximum absolute atomic E-state index is 11.9. The minimum atomic E-state index is 0.128. The molecule has 0 radical (unpaired) electrons. The van der Waals surface area contributed by atoms with E-state index >= 15 is 0 Å². The van der Waals surface area contributed by atoms with Gasteiger partial charge in [0.1, 0.15) is 12.4 Å². The highest BCUT2D eigenvalue weighted by atomic mass is 16.5. The normalized spacial score (nSPS) is 18.2. The second-order valence-electron chi connectivity index (χ2n) is 6.01. The molecule has 0 aliphatic carbocycles. The fourth-order valence-electron chi connectivity index (χ4n) is 2.71. The molecule has 120 valence electrons. The molecule has 1 unspecified atom stereocenters. The molecule has 4 nitrogen and oxygen atoms in total. The number of nitrogens with zero attached hydrogens (tertiary/aromatic N) is 1. The maximum atomic E-state index is 11.9. The number of rotatable bonds is 7. The Bertz CT molecular complexity index is 528. The van der Waals surface area contributed by atoms with Gasteiger partial charge in [0.25, 0.3) is 0 Å². The molecule has 1 saturated heterocycles. The van der Waals surface area contributed by atoms with Crippen molar-refractivity contribution in [3.8, 4) is 5.75 Å². The summed E-state index contributed by atoms with van der Waals surface area (Å²) in [5, 5.41) is 2.91. The number of hydrogen-bond acceptors (Lipinski definition) is 3. The van der Waals surface area contributed by atoms with Gasteiger partial charge in [0.2, 0.25) is 5.91 Å². The van der Waals surface area contributed by atoms with E-state index in [2.05, 4.69) is 28.9 Å². The Hall–Kier alpha value is -1.81. The lowest BCUT2D eigenvalue weighted by atomic mass is 10.1. The highest BCUT2D eigenvalue weighted by Crippen LogP contribution is 2.21. The standard InChI is InChI=1S/C18H26N2O2/c1-4-19-18(21)16-8-9-20(12-16)11-15-6-5-7-17(10-15)22-13-14(2)3/h5-7,10,16H,2,4,8-9,11-13H2,1,3H3,(H,19,21). The van der Waals surface area contributed by atoms with E-state index in [9.17, 15) is 4.79 Å². The fraction of sp³-hybridized carbons (Fsp3) is 0.500. The lowest BCUT2D eigenvalue weighted by Gasteiger charge is -2.16. The molecular formula is C18H26N2O2. The first-order valence-corrected chi connectivity index (χ1v) is 7.94. The van der Waals surface area contributed by atoms with E-state index < -0.39 is 0 Å². The first-order valence-electron chi connectivity index (χ1n) is 7.94. The smallest absolute Gasteiger partial charge is 0.224 e. The Morgan fingerprint density at radius 2 is 2.32 bits per heavy atom. The van der Waals surface area contributed by atoms with Gasteiger partial charge in [0.05, 0.1) is 5.92 Å². The zero-order valence-corrected chi connectivity index (χ0v) is 13.6. The monoisotopic (exact) mass is 302 g/mol. The van der Waals surface area contributed by atoms with E-state index in [4.69, 9.17) is 4.74 Å². The largest absolute Gasteiger partial charge is 0.489 e. The van der Waals surface area contributed by atoms with E-state index in [1.807, 2.05) is 26.0 Å². The molecule has 1 aliphatic rings. The van der Waals surface area contributed by atoms with Crippen LogP contribution < -0.4 is 10.1 Å². The van der Waals surface area contributed by atoms with Crippen LogP contribution in [0.1, 0.15) is 25.8 Å². The molecule has 22 heavy (non-hydrogen) atoms. The van der Waals surface area contributed by atoms with Crippen molar-refractivity contribution < 1.29 is 9.53 Å².